The number of H-pyrrole nitrogens is 1. The number of ether oxygens (including phenoxy) is 1. The van der Waals surface area contributed by atoms with Gasteiger partial charge in [0.25, 0.3) is 27.5 Å². The Hall–Kier alpha value is -7.79. The van der Waals surface area contributed by atoms with Crippen LogP contribution in [0, 0.1) is 21.4 Å². The molecule has 0 spiro atoms. The maximum Gasteiger partial charge on any atom is 0.293 e. The summed E-state index contributed by atoms with van der Waals surface area (Å²) in [5.41, 5.74) is 6.61. The summed E-state index contributed by atoms with van der Waals surface area (Å²) in [4.78, 5) is 93.0. The summed E-state index contributed by atoms with van der Waals surface area (Å²) in [6, 6.07) is 25.1. The van der Waals surface area contributed by atoms with Crippen LogP contribution in [0.15, 0.2) is 119 Å². The first-order valence-corrected chi connectivity index (χ1v) is 32.2. The lowest BCUT2D eigenvalue weighted by Crippen LogP contribution is -2.52. The van der Waals surface area contributed by atoms with Gasteiger partial charge in [-0.15, -0.1) is 11.8 Å². The Labute approximate surface area is 508 Å². The number of aromatic amines is 1. The summed E-state index contributed by atoms with van der Waals surface area (Å²) in [7, 11) is -4.67. The summed E-state index contributed by atoms with van der Waals surface area (Å²) in [6.07, 6.45) is 10.1. The molecule has 11 rings (SSSR count). The van der Waals surface area contributed by atoms with E-state index in [1.165, 1.54) is 41.1 Å². The third-order valence-electron chi connectivity index (χ3n) is 17.1. The van der Waals surface area contributed by atoms with E-state index in [4.69, 9.17) is 16.3 Å². The molecular weight excluding hydrogens is 1160 g/mol. The highest BCUT2D eigenvalue weighted by Gasteiger charge is 2.40. The molecule has 6 heterocycles. The zero-order valence-corrected chi connectivity index (χ0v) is 50.5. The number of nitrogens with zero attached hydrogens (tertiary/aromatic N) is 6. The molecule has 3 fully saturated rings. The molecule has 20 nitrogen and oxygen atoms in total. The maximum atomic E-state index is 14.2. The van der Waals surface area contributed by atoms with Gasteiger partial charge >= 0.3 is 0 Å². The second-order valence-electron chi connectivity index (χ2n) is 23.6. The van der Waals surface area contributed by atoms with E-state index in [1.54, 1.807) is 47.1 Å². The maximum absolute atomic E-state index is 14.2. The molecule has 5 aliphatic rings. The van der Waals surface area contributed by atoms with E-state index in [-0.39, 0.29) is 52.5 Å². The molecule has 2 aromatic heterocycles. The Bertz CT molecular complexity index is 3770. The number of likely N-dealkylation sites (tertiary alicyclic amines) is 1. The van der Waals surface area contributed by atoms with Crippen molar-refractivity contribution in [3.8, 4) is 11.5 Å². The number of sulfonamides is 1. The van der Waals surface area contributed by atoms with Crippen molar-refractivity contribution in [3.05, 3.63) is 146 Å². The highest BCUT2D eigenvalue weighted by atomic mass is 35.5. The smallest absolute Gasteiger partial charge is 0.293 e. The third-order valence-corrected chi connectivity index (χ3v) is 19.8. The van der Waals surface area contributed by atoms with Gasteiger partial charge in [0, 0.05) is 117 Å². The van der Waals surface area contributed by atoms with Gasteiger partial charge in [-0.2, -0.15) is 0 Å². The lowest BCUT2D eigenvalue weighted by atomic mass is 9.72. The number of aromatic nitrogens is 2. The van der Waals surface area contributed by atoms with E-state index >= 15 is 0 Å². The standard InChI is InChI=1S/C63H69ClN10O10S2/c1-63(2)23-21-43(50(34-63)41-11-13-44(64)14-12-41)38-70-26-28-71(29-27-70)45-15-17-49(55(32-45)84-46-31-42-22-24-65-59(42)67-36-46)60(77)69-86(82,83)47-16-18-52(54(33-47)74(80)81)66-35-40-7-6-25-72(37-40)58(76)10-3-4-30-85-56-9-5-8-48-51(56)39-73(62(48)79)53-19-20-57(75)68-61(53)78/h5,8-9,11-18,22,24,31-33,36,40,53,66H,3-4,6-7,10,19-21,23,25-30,34-35,37-39H2,1-2H3,(H,65,67)(H,69,77)(H,68,75,78). The number of nitro groups is 1. The van der Waals surface area contributed by atoms with Crippen LogP contribution in [-0.2, 0) is 31.0 Å². The molecular formula is C63H69ClN10O10S2. The number of unbranched alkanes of at least 4 members (excludes halogenated alkanes) is 1. The summed E-state index contributed by atoms with van der Waals surface area (Å²) in [5.74, 6) is -0.889. The highest BCUT2D eigenvalue weighted by molar-refractivity contribution is 7.99. The average Bonchev–Trinajstić information content (AvgIpc) is 2.32. The highest BCUT2D eigenvalue weighted by Crippen LogP contribution is 2.44. The minimum absolute atomic E-state index is 0.0183. The molecule has 5 amide bonds. The number of amides is 5. The number of halogens is 1. The van der Waals surface area contributed by atoms with Crippen LogP contribution in [0.3, 0.4) is 0 Å². The SMILES string of the molecule is CC1(C)CCC(CN2CCN(c3ccc(C(=O)NS(=O)(=O)c4ccc(NCC5CCCN(C(=O)CCCCSc6cccc7c6CN(C6CCC(=O)NC6=O)C7=O)C5)c([N+](=O)[O-])c4)c(Oc4cnc5[nH]ccc5c4)c3)CC2)=C(c2ccc(Cl)cc2)C1. The second-order valence-corrected chi connectivity index (χ2v) is 26.9. The number of benzene rings is 4. The average molecular weight is 1230 g/mol. The molecule has 2 atom stereocenters. The molecule has 0 radical (unpaired) electrons. The van der Waals surface area contributed by atoms with Gasteiger partial charge in [0.05, 0.1) is 21.6 Å². The molecule has 1 aliphatic carbocycles. The van der Waals surface area contributed by atoms with Crippen LogP contribution in [0.2, 0.25) is 5.02 Å². The predicted molar refractivity (Wildman–Crippen MR) is 330 cm³/mol. The molecule has 0 bridgehead atoms. The fourth-order valence-electron chi connectivity index (χ4n) is 12.3. The molecule has 2 unspecified atom stereocenters. The van der Waals surface area contributed by atoms with Crippen LogP contribution in [0.5, 0.6) is 11.5 Å². The summed E-state index contributed by atoms with van der Waals surface area (Å²) in [5, 5.41) is 19.5. The van der Waals surface area contributed by atoms with Crippen molar-refractivity contribution in [2.24, 2.45) is 11.3 Å². The fourth-order valence-corrected chi connectivity index (χ4v) is 14.5. The van der Waals surface area contributed by atoms with Crippen molar-refractivity contribution >= 4 is 96.6 Å². The van der Waals surface area contributed by atoms with E-state index < -0.39 is 43.4 Å². The second kappa shape index (κ2) is 25.7. The van der Waals surface area contributed by atoms with Crippen molar-refractivity contribution in [2.75, 3.05) is 68.3 Å². The lowest BCUT2D eigenvalue weighted by molar-refractivity contribution is -0.384. The Morgan fingerprint density at radius 3 is 2.55 bits per heavy atom. The number of imide groups is 1. The fraction of sp³-hybridized carbons (Fsp3) is 0.397. The van der Waals surface area contributed by atoms with Crippen LogP contribution < -0.4 is 25.0 Å². The summed E-state index contributed by atoms with van der Waals surface area (Å²) >= 11 is 7.88. The quantitative estimate of drug-likeness (QED) is 0.0182. The Kier molecular flexibility index (Phi) is 17.9. The number of hydrogen-bond acceptors (Lipinski definition) is 15. The Balaban J connectivity index is 0.694. The molecule has 0 saturated carbocycles. The van der Waals surface area contributed by atoms with Crippen LogP contribution in [0.4, 0.5) is 17.1 Å². The third kappa shape index (κ3) is 13.7. The first-order valence-electron chi connectivity index (χ1n) is 29.3. The monoisotopic (exact) mass is 1220 g/mol. The van der Waals surface area contributed by atoms with Crippen molar-refractivity contribution in [1.82, 2.24) is 34.7 Å². The van der Waals surface area contributed by atoms with Crippen molar-refractivity contribution in [1.29, 1.82) is 0 Å². The molecule has 4 aromatic carbocycles. The van der Waals surface area contributed by atoms with E-state index in [0.717, 1.165) is 85.8 Å². The van der Waals surface area contributed by atoms with Gasteiger partial charge in [-0.3, -0.25) is 44.3 Å². The van der Waals surface area contributed by atoms with Gasteiger partial charge < -0.3 is 29.7 Å². The number of piperidine rings is 2. The molecule has 4 aliphatic heterocycles. The summed E-state index contributed by atoms with van der Waals surface area (Å²) < 4.78 is 36.5. The molecule has 450 valence electrons. The van der Waals surface area contributed by atoms with Crippen LogP contribution >= 0.6 is 23.4 Å². The number of pyridine rings is 1. The zero-order valence-electron chi connectivity index (χ0n) is 48.1. The molecule has 4 N–H and O–H groups in total. The first-order chi connectivity index (χ1) is 41.3. The van der Waals surface area contributed by atoms with Crippen molar-refractivity contribution < 1.29 is 42.1 Å². The number of nitro benzene ring substituents is 1. The molecule has 23 heteroatoms. The van der Waals surface area contributed by atoms with Crippen molar-refractivity contribution in [2.45, 2.75) is 100 Å². The summed E-state index contributed by atoms with van der Waals surface area (Å²) in [6.45, 7) is 10.1. The number of rotatable bonds is 20. The van der Waals surface area contributed by atoms with Gasteiger partial charge in [-0.1, -0.05) is 49.2 Å². The molecule has 86 heavy (non-hydrogen) atoms. The van der Waals surface area contributed by atoms with E-state index in [0.29, 0.717) is 86.3 Å². The van der Waals surface area contributed by atoms with E-state index in [9.17, 15) is 42.5 Å². The topological polar surface area (TPSA) is 250 Å². The van der Waals surface area contributed by atoms with Gasteiger partial charge in [0.2, 0.25) is 17.7 Å². The van der Waals surface area contributed by atoms with Crippen molar-refractivity contribution in [3.63, 3.8) is 0 Å². The Morgan fingerprint density at radius 1 is 0.942 bits per heavy atom. The number of carbonyl (C=O) groups is 5. The number of thioether (sulfide) groups is 1. The van der Waals surface area contributed by atoms with Gasteiger partial charge in [-0.25, -0.2) is 18.1 Å². The number of allylic oxidation sites excluding steroid dienone is 1. The normalized spacial score (nSPS) is 19.2. The molecule has 3 saturated heterocycles. The number of fused-ring (bicyclic) bond motifs is 2. The largest absolute Gasteiger partial charge is 0.455 e. The van der Waals surface area contributed by atoms with Gasteiger partial charge in [0.1, 0.15) is 28.9 Å². The number of nitrogens with one attached hydrogen (secondary N) is 4. The first kappa shape index (κ1) is 59.9. The predicted octanol–water partition coefficient (Wildman–Crippen LogP) is 10.2. The minimum atomic E-state index is -4.67. The van der Waals surface area contributed by atoms with Crippen LogP contribution in [0.1, 0.15) is 110 Å². The zero-order chi connectivity index (χ0) is 60.3. The minimum Gasteiger partial charge on any atom is -0.455 e. The van der Waals surface area contributed by atoms with Gasteiger partial charge in [-0.05, 0) is 146 Å². The van der Waals surface area contributed by atoms with Crippen LogP contribution in [-0.4, -0.2) is 132 Å². The lowest BCUT2D eigenvalue weighted by Gasteiger charge is -2.39. The number of carbonyl (C=O) groups excluding carboxylic acids is 5. The van der Waals surface area contributed by atoms with Gasteiger partial charge in [0.15, 0.2) is 0 Å². The van der Waals surface area contributed by atoms with E-state index in [2.05, 4.69) is 61.1 Å². The Morgan fingerprint density at radius 2 is 1.76 bits per heavy atom. The number of piperazine rings is 1. The van der Waals surface area contributed by atoms with Crippen LogP contribution in [0.25, 0.3) is 16.6 Å². The van der Waals surface area contributed by atoms with E-state index in [1.807, 2.05) is 35.2 Å². The number of anilines is 2. The molecule has 6 aromatic rings. The number of hydrogen-bond donors (Lipinski definition) is 4.